The molecule has 202 valence electrons. The highest BCUT2D eigenvalue weighted by atomic mass is 19.4. The van der Waals surface area contributed by atoms with Gasteiger partial charge in [0.25, 0.3) is 11.8 Å². The minimum atomic E-state index is -4.48. The Hall–Kier alpha value is -3.87. The number of anilines is 1. The quantitative estimate of drug-likeness (QED) is 0.431. The van der Waals surface area contributed by atoms with E-state index < -0.39 is 54.0 Å². The lowest BCUT2D eigenvalue weighted by molar-refractivity contribution is -0.138. The zero-order valence-corrected chi connectivity index (χ0v) is 19.5. The van der Waals surface area contributed by atoms with Crippen LogP contribution in [0.2, 0.25) is 0 Å². The smallest absolute Gasteiger partial charge is 0.416 e. The summed E-state index contributed by atoms with van der Waals surface area (Å²) in [7, 11) is 0. The van der Waals surface area contributed by atoms with E-state index in [0.29, 0.717) is 6.42 Å². The molecule has 1 fully saturated rings. The van der Waals surface area contributed by atoms with Crippen LogP contribution in [0.5, 0.6) is 5.75 Å². The summed E-state index contributed by atoms with van der Waals surface area (Å²) >= 11 is 0. The maximum Gasteiger partial charge on any atom is 0.416 e. The van der Waals surface area contributed by atoms with Crippen molar-refractivity contribution in [3.8, 4) is 5.75 Å². The highest BCUT2D eigenvalue weighted by Gasteiger charge is 2.31. The molecule has 13 heteroatoms. The lowest BCUT2D eigenvalue weighted by Crippen LogP contribution is -2.47. The van der Waals surface area contributed by atoms with Gasteiger partial charge < -0.3 is 20.1 Å². The van der Waals surface area contributed by atoms with Gasteiger partial charge in [0.05, 0.1) is 29.3 Å². The Balaban J connectivity index is 1.22. The van der Waals surface area contributed by atoms with E-state index in [2.05, 4.69) is 15.6 Å². The van der Waals surface area contributed by atoms with Crippen LogP contribution < -0.4 is 15.4 Å². The van der Waals surface area contributed by atoms with Crippen molar-refractivity contribution in [3.63, 3.8) is 0 Å². The van der Waals surface area contributed by atoms with Crippen LogP contribution in [0.1, 0.15) is 24.0 Å². The second-order valence-corrected chi connectivity index (χ2v) is 8.57. The fourth-order valence-electron chi connectivity index (χ4n) is 3.81. The lowest BCUT2D eigenvalue weighted by atomic mass is 10.0. The van der Waals surface area contributed by atoms with Gasteiger partial charge in [-0.25, -0.2) is 4.98 Å². The molecule has 2 N–H and O–H groups in total. The number of amides is 2. The molecule has 0 aliphatic carbocycles. The Kier molecular flexibility index (Phi) is 7.76. The number of aromatic nitrogens is 1. The first-order valence-corrected chi connectivity index (χ1v) is 11.4. The van der Waals surface area contributed by atoms with E-state index in [-0.39, 0.29) is 35.5 Å². The average molecular weight is 541 g/mol. The number of hydrogen-bond acceptors (Lipinski definition) is 5. The van der Waals surface area contributed by atoms with Crippen LogP contribution >= 0.6 is 0 Å². The molecule has 0 bridgehead atoms. The van der Waals surface area contributed by atoms with Crippen molar-refractivity contribution in [3.05, 3.63) is 65.7 Å². The van der Waals surface area contributed by atoms with Gasteiger partial charge in [0.15, 0.2) is 6.61 Å². The van der Waals surface area contributed by atoms with E-state index in [9.17, 15) is 35.9 Å². The van der Waals surface area contributed by atoms with Crippen molar-refractivity contribution in [2.75, 3.05) is 18.5 Å². The van der Waals surface area contributed by atoms with E-state index in [4.69, 9.17) is 9.47 Å². The van der Waals surface area contributed by atoms with Crippen molar-refractivity contribution < 1.29 is 45.4 Å². The standard InChI is InChI=1S/C25H21F6N3O4/c26-24(27,28)15-2-6-18(7-3-15)37-13-22(35)32-17-5-9-20(38-12-17)23(36)34-21-10-1-14-11-16(25(29,30)31)4-8-19(14)33-21/h1-4,6-8,10-11,17,20H,5,9,12-13H2,(H,32,35)(H,33,34,36)/t17-,20+/m0/s1. The highest BCUT2D eigenvalue weighted by Crippen LogP contribution is 2.32. The number of nitrogens with one attached hydrogen (secondary N) is 2. The largest absolute Gasteiger partial charge is 0.484 e. The van der Waals surface area contributed by atoms with E-state index in [1.807, 2.05) is 0 Å². The summed E-state index contributed by atoms with van der Waals surface area (Å²) in [5.41, 5.74) is -1.35. The number of hydrogen-bond donors (Lipinski definition) is 2. The van der Waals surface area contributed by atoms with E-state index in [1.54, 1.807) is 0 Å². The third-order valence-corrected chi connectivity index (χ3v) is 5.75. The zero-order valence-electron chi connectivity index (χ0n) is 19.5. The molecular weight excluding hydrogens is 520 g/mol. The molecule has 0 unspecified atom stereocenters. The third-order valence-electron chi connectivity index (χ3n) is 5.75. The number of carbonyl (C=O) groups is 2. The summed E-state index contributed by atoms with van der Waals surface area (Å²) in [6.45, 7) is -0.376. The summed E-state index contributed by atoms with van der Waals surface area (Å²) in [6, 6.07) is 9.46. The number of fused-ring (bicyclic) bond motifs is 1. The number of ether oxygens (including phenoxy) is 2. The Morgan fingerprint density at radius 1 is 0.921 bits per heavy atom. The van der Waals surface area contributed by atoms with Gasteiger partial charge in [-0.3, -0.25) is 9.59 Å². The number of carbonyl (C=O) groups excluding carboxylic acids is 2. The molecule has 2 heterocycles. The minimum absolute atomic E-state index is 0.0372. The van der Waals surface area contributed by atoms with Gasteiger partial charge >= 0.3 is 12.4 Å². The van der Waals surface area contributed by atoms with Crippen molar-refractivity contribution >= 4 is 28.5 Å². The van der Waals surface area contributed by atoms with E-state index in [1.165, 1.54) is 18.2 Å². The number of rotatable bonds is 6. The fraction of sp³-hybridized carbons (Fsp3) is 0.320. The van der Waals surface area contributed by atoms with Gasteiger partial charge in [0.2, 0.25) is 0 Å². The summed E-state index contributed by atoms with van der Waals surface area (Å²) in [5.74, 6) is -0.732. The molecule has 2 aromatic carbocycles. The second kappa shape index (κ2) is 10.9. The SMILES string of the molecule is O=C(COc1ccc(C(F)(F)F)cc1)N[C@H]1CC[C@H](C(=O)Nc2ccc3cc(C(F)(F)F)ccc3n2)OC1. The Labute approximate surface area is 212 Å². The third kappa shape index (κ3) is 6.91. The molecule has 2 atom stereocenters. The van der Waals surface area contributed by atoms with Crippen molar-refractivity contribution in [1.82, 2.24) is 10.3 Å². The average Bonchev–Trinajstić information content (AvgIpc) is 2.86. The molecule has 1 saturated heterocycles. The Morgan fingerprint density at radius 3 is 2.24 bits per heavy atom. The molecule has 4 rings (SSSR count). The van der Waals surface area contributed by atoms with Gasteiger partial charge in [0.1, 0.15) is 17.7 Å². The summed E-state index contributed by atoms with van der Waals surface area (Å²) in [4.78, 5) is 28.9. The lowest BCUT2D eigenvalue weighted by Gasteiger charge is -2.28. The normalized spacial score (nSPS) is 18.2. The van der Waals surface area contributed by atoms with Gasteiger partial charge in [-0.05, 0) is 67.4 Å². The first-order chi connectivity index (χ1) is 17.9. The summed E-state index contributed by atoms with van der Waals surface area (Å²) in [5, 5.41) is 5.53. The molecule has 38 heavy (non-hydrogen) atoms. The van der Waals surface area contributed by atoms with E-state index in [0.717, 1.165) is 36.4 Å². The number of nitrogens with zero attached hydrogens (tertiary/aromatic N) is 1. The number of benzene rings is 2. The number of alkyl halides is 6. The molecule has 1 aliphatic heterocycles. The minimum Gasteiger partial charge on any atom is -0.484 e. The van der Waals surface area contributed by atoms with Crippen molar-refractivity contribution in [2.45, 2.75) is 37.3 Å². The maximum atomic E-state index is 12.9. The van der Waals surface area contributed by atoms with Crippen molar-refractivity contribution in [2.24, 2.45) is 0 Å². The zero-order chi connectivity index (χ0) is 27.5. The topological polar surface area (TPSA) is 89.5 Å². The molecular formula is C25H21F6N3O4. The Morgan fingerprint density at radius 2 is 1.61 bits per heavy atom. The molecule has 3 aromatic rings. The monoisotopic (exact) mass is 541 g/mol. The molecule has 1 aliphatic rings. The Bertz CT molecular complexity index is 1300. The van der Waals surface area contributed by atoms with Gasteiger partial charge in [-0.15, -0.1) is 0 Å². The molecule has 0 spiro atoms. The predicted octanol–water partition coefficient (Wildman–Crippen LogP) is 4.95. The molecule has 7 nitrogen and oxygen atoms in total. The van der Waals surface area contributed by atoms with Crippen LogP contribution in [0.3, 0.4) is 0 Å². The highest BCUT2D eigenvalue weighted by molar-refractivity contribution is 5.94. The predicted molar refractivity (Wildman–Crippen MR) is 123 cm³/mol. The molecule has 2 amide bonds. The van der Waals surface area contributed by atoms with Gasteiger partial charge in [0, 0.05) is 5.39 Å². The van der Waals surface area contributed by atoms with Crippen LogP contribution in [-0.2, 0) is 26.7 Å². The first kappa shape index (κ1) is 27.2. The van der Waals surface area contributed by atoms with Crippen molar-refractivity contribution in [1.29, 1.82) is 0 Å². The fourth-order valence-corrected chi connectivity index (χ4v) is 3.81. The second-order valence-electron chi connectivity index (χ2n) is 8.57. The van der Waals surface area contributed by atoms with Crippen LogP contribution in [0, 0.1) is 0 Å². The number of pyridine rings is 1. The number of halogens is 6. The molecule has 0 radical (unpaired) electrons. The first-order valence-electron chi connectivity index (χ1n) is 11.4. The van der Waals surface area contributed by atoms with Crippen LogP contribution in [0.25, 0.3) is 10.9 Å². The van der Waals surface area contributed by atoms with Crippen LogP contribution in [0.15, 0.2) is 54.6 Å². The van der Waals surface area contributed by atoms with Crippen LogP contribution in [0.4, 0.5) is 32.2 Å². The van der Waals surface area contributed by atoms with Gasteiger partial charge in [-0.1, -0.05) is 0 Å². The molecule has 0 saturated carbocycles. The summed E-state index contributed by atoms with van der Waals surface area (Å²) in [6.07, 6.45) is -9.08. The maximum absolute atomic E-state index is 12.9. The van der Waals surface area contributed by atoms with E-state index >= 15 is 0 Å². The van der Waals surface area contributed by atoms with Gasteiger partial charge in [-0.2, -0.15) is 26.3 Å². The molecule has 1 aromatic heterocycles. The summed E-state index contributed by atoms with van der Waals surface area (Å²) < 4.78 is 87.2. The van der Waals surface area contributed by atoms with Crippen LogP contribution in [-0.4, -0.2) is 42.2 Å².